The third kappa shape index (κ3) is 2.19. The van der Waals surface area contributed by atoms with E-state index in [1.807, 2.05) is 44.8 Å². The monoisotopic (exact) mass is 212 g/mol. The molecule has 0 radical (unpaired) electrons. The normalized spacial score (nSPS) is 15.2. The van der Waals surface area contributed by atoms with Gasteiger partial charge in [0.25, 0.3) is 0 Å². The van der Waals surface area contributed by atoms with Crippen LogP contribution in [0.3, 0.4) is 0 Å². The summed E-state index contributed by atoms with van der Waals surface area (Å²) in [4.78, 5) is 0. The summed E-state index contributed by atoms with van der Waals surface area (Å²) in [7, 11) is -0.575. The van der Waals surface area contributed by atoms with Crippen molar-refractivity contribution in [3.05, 3.63) is 24.3 Å². The summed E-state index contributed by atoms with van der Waals surface area (Å²) in [6.07, 6.45) is 0. The van der Waals surface area contributed by atoms with E-state index in [2.05, 4.69) is 0 Å². The first-order valence-electron chi connectivity index (χ1n) is 4.70. The van der Waals surface area contributed by atoms with Crippen LogP contribution in [0.5, 0.6) is 5.75 Å². The molecule has 14 heavy (non-hydrogen) atoms. The Morgan fingerprint density at radius 2 is 1.71 bits per heavy atom. The molecule has 1 rings (SSSR count). The molecule has 1 unspecified atom stereocenters. The SMILES string of the molecule is COc1ccc(P(C)(=O)C(C)C)cc1. The summed E-state index contributed by atoms with van der Waals surface area (Å²) in [6.45, 7) is 5.81. The molecule has 0 N–H and O–H groups in total. The fourth-order valence-corrected chi connectivity index (χ4v) is 2.51. The van der Waals surface area contributed by atoms with Gasteiger partial charge in [-0.2, -0.15) is 0 Å². The van der Waals surface area contributed by atoms with Gasteiger partial charge in [-0.1, -0.05) is 13.8 Å². The number of methoxy groups -OCH3 is 1. The third-order valence-corrected chi connectivity index (χ3v) is 5.86. The van der Waals surface area contributed by atoms with E-state index in [1.165, 1.54) is 0 Å². The maximum Gasteiger partial charge on any atom is 0.118 e. The second kappa shape index (κ2) is 4.18. The highest BCUT2D eigenvalue weighted by Crippen LogP contribution is 2.45. The second-order valence-corrected chi connectivity index (χ2v) is 7.31. The molecule has 0 spiro atoms. The van der Waals surface area contributed by atoms with Gasteiger partial charge in [0.2, 0.25) is 0 Å². The Bertz CT molecular complexity index is 341. The van der Waals surface area contributed by atoms with Crippen molar-refractivity contribution in [2.24, 2.45) is 0 Å². The minimum absolute atomic E-state index is 0.191. The summed E-state index contributed by atoms with van der Waals surface area (Å²) in [5.74, 6) is 0.803. The van der Waals surface area contributed by atoms with Crippen LogP contribution in [0.25, 0.3) is 0 Å². The molecule has 0 saturated heterocycles. The number of hydrogen-bond donors (Lipinski definition) is 0. The van der Waals surface area contributed by atoms with Gasteiger partial charge in [0.05, 0.1) is 7.11 Å². The van der Waals surface area contributed by atoms with Gasteiger partial charge >= 0.3 is 0 Å². The van der Waals surface area contributed by atoms with Crippen molar-refractivity contribution in [1.29, 1.82) is 0 Å². The predicted octanol–water partition coefficient (Wildman–Crippen LogP) is 2.72. The maximum atomic E-state index is 12.3. The van der Waals surface area contributed by atoms with Crippen LogP contribution in [-0.2, 0) is 4.57 Å². The number of hydrogen-bond acceptors (Lipinski definition) is 2. The summed E-state index contributed by atoms with van der Waals surface area (Å²) < 4.78 is 17.3. The Morgan fingerprint density at radius 3 is 2.07 bits per heavy atom. The lowest BCUT2D eigenvalue weighted by Crippen LogP contribution is -2.10. The molecule has 0 aliphatic rings. The van der Waals surface area contributed by atoms with Crippen LogP contribution in [0.2, 0.25) is 0 Å². The zero-order chi connectivity index (χ0) is 10.8. The molecular formula is C11H17O2P. The second-order valence-electron chi connectivity index (χ2n) is 3.78. The lowest BCUT2D eigenvalue weighted by Gasteiger charge is -2.17. The van der Waals surface area contributed by atoms with Crippen LogP contribution in [0, 0.1) is 0 Å². The van der Waals surface area contributed by atoms with Crippen LogP contribution < -0.4 is 10.0 Å². The minimum atomic E-state index is -2.20. The van der Waals surface area contributed by atoms with Gasteiger partial charge < -0.3 is 9.30 Å². The lowest BCUT2D eigenvalue weighted by molar-refractivity contribution is 0.415. The molecule has 2 nitrogen and oxygen atoms in total. The van der Waals surface area contributed by atoms with Crippen molar-refractivity contribution in [1.82, 2.24) is 0 Å². The molecule has 0 aliphatic carbocycles. The smallest absolute Gasteiger partial charge is 0.118 e. The number of rotatable bonds is 3. The average Bonchev–Trinajstić information content (AvgIpc) is 2.17. The fourth-order valence-electron chi connectivity index (χ4n) is 1.18. The standard InChI is InChI=1S/C11H17O2P/c1-9(2)14(4,12)11-7-5-10(13-3)6-8-11/h5-9H,1-4H3. The Morgan fingerprint density at radius 1 is 1.21 bits per heavy atom. The molecule has 0 saturated carbocycles. The van der Waals surface area contributed by atoms with Crippen LogP contribution in [0.1, 0.15) is 13.8 Å². The molecule has 1 atom stereocenters. The van der Waals surface area contributed by atoms with E-state index in [0.29, 0.717) is 0 Å². The molecule has 1 aromatic carbocycles. The van der Waals surface area contributed by atoms with Gasteiger partial charge in [0.1, 0.15) is 12.9 Å². The molecule has 78 valence electrons. The van der Waals surface area contributed by atoms with Crippen molar-refractivity contribution in [2.45, 2.75) is 19.5 Å². The van der Waals surface area contributed by atoms with Gasteiger partial charge in [-0.3, -0.25) is 0 Å². The van der Waals surface area contributed by atoms with Crippen molar-refractivity contribution in [3.8, 4) is 5.75 Å². The van der Waals surface area contributed by atoms with Crippen molar-refractivity contribution >= 4 is 12.4 Å². The molecular weight excluding hydrogens is 195 g/mol. The van der Waals surface area contributed by atoms with E-state index in [-0.39, 0.29) is 5.66 Å². The molecule has 0 aliphatic heterocycles. The summed E-state index contributed by atoms with van der Waals surface area (Å²) in [5.41, 5.74) is 0.191. The minimum Gasteiger partial charge on any atom is -0.497 e. The largest absolute Gasteiger partial charge is 0.497 e. The molecule has 0 fully saturated rings. The van der Waals surface area contributed by atoms with E-state index in [9.17, 15) is 4.57 Å². The highest BCUT2D eigenvalue weighted by Gasteiger charge is 2.22. The Hall–Kier alpha value is -0.750. The highest BCUT2D eigenvalue weighted by molar-refractivity contribution is 7.71. The number of ether oxygens (including phenoxy) is 1. The van der Waals surface area contributed by atoms with Crippen molar-refractivity contribution < 1.29 is 9.30 Å². The summed E-state index contributed by atoms with van der Waals surface area (Å²) in [6, 6.07) is 7.49. The summed E-state index contributed by atoms with van der Waals surface area (Å²) in [5, 5.41) is 0.924. The number of benzene rings is 1. The fraction of sp³-hybridized carbons (Fsp3) is 0.455. The quantitative estimate of drug-likeness (QED) is 0.720. The van der Waals surface area contributed by atoms with E-state index in [1.54, 1.807) is 7.11 Å². The lowest BCUT2D eigenvalue weighted by atomic mass is 10.3. The Labute approximate surface area is 85.7 Å². The zero-order valence-corrected chi connectivity index (χ0v) is 10.0. The first-order valence-corrected chi connectivity index (χ1v) is 6.92. The van der Waals surface area contributed by atoms with Crippen LogP contribution in [0.4, 0.5) is 0 Å². The first kappa shape index (κ1) is 11.3. The molecule has 3 heteroatoms. The summed E-state index contributed by atoms with van der Waals surface area (Å²) >= 11 is 0. The molecule has 0 aromatic heterocycles. The van der Waals surface area contributed by atoms with Gasteiger partial charge in [0.15, 0.2) is 0 Å². The van der Waals surface area contributed by atoms with E-state index in [4.69, 9.17) is 4.74 Å². The predicted molar refractivity (Wildman–Crippen MR) is 61.3 cm³/mol. The van der Waals surface area contributed by atoms with Crippen molar-refractivity contribution in [3.63, 3.8) is 0 Å². The van der Waals surface area contributed by atoms with Crippen LogP contribution in [-0.4, -0.2) is 19.4 Å². The first-order chi connectivity index (χ1) is 6.48. The Balaban J connectivity index is 3.03. The zero-order valence-electron chi connectivity index (χ0n) is 9.15. The van der Waals surface area contributed by atoms with Crippen LogP contribution in [0.15, 0.2) is 24.3 Å². The van der Waals surface area contributed by atoms with Crippen LogP contribution >= 0.6 is 7.14 Å². The topological polar surface area (TPSA) is 26.3 Å². The van der Waals surface area contributed by atoms with Gasteiger partial charge in [0, 0.05) is 11.0 Å². The molecule has 0 amide bonds. The van der Waals surface area contributed by atoms with E-state index in [0.717, 1.165) is 11.1 Å². The van der Waals surface area contributed by atoms with Gasteiger partial charge in [-0.25, -0.2) is 0 Å². The van der Waals surface area contributed by atoms with Gasteiger partial charge in [-0.05, 0) is 30.9 Å². The van der Waals surface area contributed by atoms with E-state index < -0.39 is 7.14 Å². The average molecular weight is 212 g/mol. The van der Waals surface area contributed by atoms with Gasteiger partial charge in [-0.15, -0.1) is 0 Å². The third-order valence-electron chi connectivity index (χ3n) is 2.57. The van der Waals surface area contributed by atoms with Crippen molar-refractivity contribution in [2.75, 3.05) is 13.8 Å². The molecule has 0 heterocycles. The van der Waals surface area contributed by atoms with E-state index >= 15 is 0 Å². The molecule has 1 aromatic rings. The molecule has 0 bridgehead atoms. The maximum absolute atomic E-state index is 12.3. The highest BCUT2D eigenvalue weighted by atomic mass is 31.2. The Kier molecular flexibility index (Phi) is 3.38.